The van der Waals surface area contributed by atoms with Crippen LogP contribution in [-0.2, 0) is 26.6 Å². The van der Waals surface area contributed by atoms with Gasteiger partial charge in [0.2, 0.25) is 5.91 Å². The van der Waals surface area contributed by atoms with Gasteiger partial charge in [-0.15, -0.1) is 0 Å². The third-order valence-corrected chi connectivity index (χ3v) is 7.29. The summed E-state index contributed by atoms with van der Waals surface area (Å²) in [4.78, 5) is 12.8. The van der Waals surface area contributed by atoms with Crippen LogP contribution in [0.2, 0.25) is 0 Å². The average molecular weight is 419 g/mol. The first-order valence-corrected chi connectivity index (χ1v) is 11.6. The van der Waals surface area contributed by atoms with E-state index in [4.69, 9.17) is 5.73 Å². The number of halogens is 1. The molecule has 5 nitrogen and oxygen atoms in total. The summed E-state index contributed by atoms with van der Waals surface area (Å²) in [6.07, 6.45) is 0.933. The Hall–Kier alpha value is -2.25. The minimum absolute atomic E-state index is 0.0806. The summed E-state index contributed by atoms with van der Waals surface area (Å²) in [6.45, 7) is 2.00. The van der Waals surface area contributed by atoms with Crippen molar-refractivity contribution in [2.24, 2.45) is 5.73 Å². The predicted molar refractivity (Wildman–Crippen MR) is 112 cm³/mol. The zero-order chi connectivity index (χ0) is 21.1. The van der Waals surface area contributed by atoms with Gasteiger partial charge in [0.1, 0.15) is 5.82 Å². The Bertz CT molecular complexity index is 977. The van der Waals surface area contributed by atoms with Gasteiger partial charge in [0.25, 0.3) is 0 Å². The van der Waals surface area contributed by atoms with Crippen LogP contribution in [0.25, 0.3) is 0 Å². The molecular weight excluding hydrogens is 391 g/mol. The molecule has 3 N–H and O–H groups in total. The van der Waals surface area contributed by atoms with Crippen LogP contribution >= 0.6 is 0 Å². The summed E-state index contributed by atoms with van der Waals surface area (Å²) in [5.74, 6) is -0.918. The number of carbonyl (C=O) groups is 1. The fourth-order valence-corrected chi connectivity index (χ4v) is 5.47. The number of carbonyl (C=O) groups excluding carboxylic acids is 1. The van der Waals surface area contributed by atoms with Gasteiger partial charge in [-0.3, -0.25) is 4.79 Å². The topological polar surface area (TPSA) is 89.3 Å². The number of hydrogen-bond acceptors (Lipinski definition) is 4. The Labute approximate surface area is 171 Å². The van der Waals surface area contributed by atoms with Crippen molar-refractivity contribution in [1.82, 2.24) is 5.32 Å². The van der Waals surface area contributed by atoms with Gasteiger partial charge in [-0.05, 0) is 43.4 Å². The van der Waals surface area contributed by atoms with Crippen LogP contribution in [0, 0.1) is 12.7 Å². The third-order valence-electron chi connectivity index (χ3n) is 5.64. The van der Waals surface area contributed by atoms with Gasteiger partial charge in [-0.2, -0.15) is 0 Å². The van der Waals surface area contributed by atoms with E-state index in [1.165, 1.54) is 6.07 Å². The number of hydrogen-bond donors (Lipinski definition) is 2. The second-order valence-electron chi connectivity index (χ2n) is 7.86. The molecule has 1 saturated heterocycles. The number of aryl methyl sites for hydroxylation is 1. The lowest BCUT2D eigenvalue weighted by Gasteiger charge is -2.39. The van der Waals surface area contributed by atoms with E-state index in [9.17, 15) is 17.6 Å². The van der Waals surface area contributed by atoms with Crippen LogP contribution in [0.15, 0.2) is 48.5 Å². The lowest BCUT2D eigenvalue weighted by atomic mass is 9.83. The molecular formula is C22H27FN2O3S. The van der Waals surface area contributed by atoms with E-state index in [1.54, 1.807) is 18.2 Å². The van der Waals surface area contributed by atoms with Gasteiger partial charge in [0, 0.05) is 18.0 Å². The summed E-state index contributed by atoms with van der Waals surface area (Å²) >= 11 is 0. The molecule has 1 unspecified atom stereocenters. The molecule has 156 valence electrons. The van der Waals surface area contributed by atoms with Crippen LogP contribution < -0.4 is 11.1 Å². The van der Waals surface area contributed by atoms with Gasteiger partial charge >= 0.3 is 0 Å². The second-order valence-corrected chi connectivity index (χ2v) is 10.2. The van der Waals surface area contributed by atoms with E-state index < -0.39 is 21.2 Å². The van der Waals surface area contributed by atoms with Crippen molar-refractivity contribution < 1.29 is 17.6 Å². The average Bonchev–Trinajstić information content (AvgIpc) is 2.66. The van der Waals surface area contributed by atoms with Gasteiger partial charge in [0.15, 0.2) is 9.84 Å². The highest BCUT2D eigenvalue weighted by molar-refractivity contribution is 7.91. The highest BCUT2D eigenvalue weighted by Gasteiger charge is 2.41. The smallest absolute Gasteiger partial charge is 0.222 e. The third kappa shape index (κ3) is 5.22. The molecule has 1 heterocycles. The van der Waals surface area contributed by atoms with Crippen LogP contribution in [0.3, 0.4) is 0 Å². The number of sulfone groups is 1. The Morgan fingerprint density at radius 2 is 1.76 bits per heavy atom. The maximum Gasteiger partial charge on any atom is 0.222 e. The first-order valence-electron chi connectivity index (χ1n) is 9.77. The molecule has 1 amide bonds. The predicted octanol–water partition coefficient (Wildman–Crippen LogP) is 2.61. The molecule has 0 saturated carbocycles. The quantitative estimate of drug-likeness (QED) is 0.755. The van der Waals surface area contributed by atoms with Crippen molar-refractivity contribution in [3.63, 3.8) is 0 Å². The fraction of sp³-hybridized carbons (Fsp3) is 0.409. The van der Waals surface area contributed by atoms with Crippen LogP contribution in [0.5, 0.6) is 0 Å². The molecule has 7 heteroatoms. The lowest BCUT2D eigenvalue weighted by Crippen LogP contribution is -2.52. The van der Waals surface area contributed by atoms with Crippen molar-refractivity contribution >= 4 is 15.7 Å². The van der Waals surface area contributed by atoms with E-state index in [0.717, 1.165) is 11.1 Å². The SMILES string of the molecule is Cc1ccccc1CC(N)CC(=O)NC1(c2ccccc2F)CCS(=O)(=O)CC1. The van der Waals surface area contributed by atoms with Crippen molar-refractivity contribution in [3.05, 3.63) is 71.0 Å². The molecule has 0 bridgehead atoms. The van der Waals surface area contributed by atoms with Crippen molar-refractivity contribution in [3.8, 4) is 0 Å². The maximum absolute atomic E-state index is 14.5. The largest absolute Gasteiger partial charge is 0.346 e. The normalized spacial score (nSPS) is 18.7. The number of nitrogens with two attached hydrogens (primary N) is 1. The Balaban J connectivity index is 1.75. The monoisotopic (exact) mass is 418 g/mol. The summed E-state index contributed by atoms with van der Waals surface area (Å²) in [7, 11) is -3.18. The van der Waals surface area contributed by atoms with Gasteiger partial charge in [0.05, 0.1) is 17.0 Å². The number of amides is 1. The molecule has 0 aromatic heterocycles. The van der Waals surface area contributed by atoms with Gasteiger partial charge < -0.3 is 11.1 Å². The summed E-state index contributed by atoms with van der Waals surface area (Å²) in [5, 5.41) is 2.94. The van der Waals surface area contributed by atoms with E-state index in [0.29, 0.717) is 12.0 Å². The molecule has 0 radical (unpaired) electrons. The fourth-order valence-electron chi connectivity index (χ4n) is 3.95. The first-order chi connectivity index (χ1) is 13.7. The Morgan fingerprint density at radius 1 is 1.14 bits per heavy atom. The molecule has 2 aromatic rings. The molecule has 1 atom stereocenters. The van der Waals surface area contributed by atoms with Crippen molar-refractivity contribution in [2.45, 2.75) is 44.2 Å². The maximum atomic E-state index is 14.5. The van der Waals surface area contributed by atoms with E-state index >= 15 is 0 Å². The van der Waals surface area contributed by atoms with Gasteiger partial charge in [-0.25, -0.2) is 12.8 Å². The summed E-state index contributed by atoms with van der Waals surface area (Å²) in [5.41, 5.74) is 7.70. The highest BCUT2D eigenvalue weighted by atomic mass is 32.2. The molecule has 29 heavy (non-hydrogen) atoms. The van der Waals surface area contributed by atoms with Crippen LogP contribution in [0.1, 0.15) is 36.0 Å². The van der Waals surface area contributed by atoms with Crippen molar-refractivity contribution in [2.75, 3.05) is 11.5 Å². The van der Waals surface area contributed by atoms with E-state index in [-0.39, 0.29) is 42.7 Å². The second kappa shape index (κ2) is 8.63. The molecule has 1 aliphatic rings. The molecule has 3 rings (SSSR count). The van der Waals surface area contributed by atoms with Crippen LogP contribution in [-0.4, -0.2) is 31.9 Å². The number of nitrogens with one attached hydrogen (secondary N) is 1. The van der Waals surface area contributed by atoms with E-state index in [2.05, 4.69) is 5.32 Å². The Morgan fingerprint density at radius 3 is 2.41 bits per heavy atom. The van der Waals surface area contributed by atoms with Gasteiger partial charge in [-0.1, -0.05) is 42.5 Å². The summed E-state index contributed by atoms with van der Waals surface area (Å²) in [6, 6.07) is 13.7. The minimum Gasteiger partial charge on any atom is -0.346 e. The molecule has 0 spiro atoms. The highest BCUT2D eigenvalue weighted by Crippen LogP contribution is 2.35. The zero-order valence-corrected chi connectivity index (χ0v) is 17.3. The zero-order valence-electron chi connectivity index (χ0n) is 16.5. The number of rotatable bonds is 6. The Kier molecular flexibility index (Phi) is 6.39. The van der Waals surface area contributed by atoms with Crippen LogP contribution in [0.4, 0.5) is 4.39 Å². The summed E-state index contributed by atoms with van der Waals surface area (Å²) < 4.78 is 38.4. The molecule has 0 aliphatic carbocycles. The standard InChI is InChI=1S/C22H27FN2O3S/c1-16-6-2-3-7-17(16)14-18(24)15-21(26)25-22(10-12-29(27,28)13-11-22)19-8-4-5-9-20(19)23/h2-9,18H,10-15,24H2,1H3,(H,25,26). The van der Waals surface area contributed by atoms with Crippen molar-refractivity contribution in [1.29, 1.82) is 0 Å². The molecule has 2 aromatic carbocycles. The number of benzene rings is 2. The molecule has 1 fully saturated rings. The first kappa shape index (κ1) is 21.5. The minimum atomic E-state index is -3.18. The van der Waals surface area contributed by atoms with E-state index in [1.807, 2.05) is 31.2 Å². The lowest BCUT2D eigenvalue weighted by molar-refractivity contribution is -0.123. The molecule has 1 aliphatic heterocycles.